The Morgan fingerprint density at radius 1 is 1.06 bits per heavy atom. The third-order valence-electron chi connectivity index (χ3n) is 5.35. The molecule has 32 heavy (non-hydrogen) atoms. The van der Waals surface area contributed by atoms with Crippen LogP contribution in [0.25, 0.3) is 16.7 Å². The predicted octanol–water partition coefficient (Wildman–Crippen LogP) is 4.96. The van der Waals surface area contributed by atoms with Crippen LogP contribution in [0.2, 0.25) is 5.02 Å². The van der Waals surface area contributed by atoms with Crippen LogP contribution in [0.1, 0.15) is 37.6 Å². The smallest absolute Gasteiger partial charge is 0.254 e. The van der Waals surface area contributed by atoms with Crippen LogP contribution in [-0.4, -0.2) is 21.9 Å². The molecule has 0 fully saturated rings. The molecule has 2 aromatic carbocycles. The van der Waals surface area contributed by atoms with Crippen molar-refractivity contribution in [1.82, 2.24) is 20.1 Å². The SMILES string of the molecule is COc1ccc(CNCc2cc3c(C(C)(C)C)nn(-c4ccc(Cl)cc4)c3[nH]c2=O)cc1. The van der Waals surface area contributed by atoms with Crippen LogP contribution >= 0.6 is 11.6 Å². The number of nitrogens with zero attached hydrogens (tertiary/aromatic N) is 2. The van der Waals surface area contributed by atoms with Crippen LogP contribution in [0.15, 0.2) is 59.4 Å². The topological polar surface area (TPSA) is 71.9 Å². The van der Waals surface area contributed by atoms with Crippen molar-refractivity contribution in [2.24, 2.45) is 0 Å². The summed E-state index contributed by atoms with van der Waals surface area (Å²) in [5.41, 5.74) is 3.92. The lowest BCUT2D eigenvalue weighted by Crippen LogP contribution is -2.21. The van der Waals surface area contributed by atoms with E-state index in [1.165, 1.54) is 0 Å². The van der Waals surface area contributed by atoms with Gasteiger partial charge in [0.15, 0.2) is 0 Å². The fraction of sp³-hybridized carbons (Fsp3) is 0.280. The van der Waals surface area contributed by atoms with Crippen LogP contribution in [0.5, 0.6) is 5.75 Å². The number of pyridine rings is 1. The van der Waals surface area contributed by atoms with Crippen LogP contribution in [-0.2, 0) is 18.5 Å². The highest BCUT2D eigenvalue weighted by atomic mass is 35.5. The van der Waals surface area contributed by atoms with Gasteiger partial charge in [-0.15, -0.1) is 0 Å². The lowest BCUT2D eigenvalue weighted by Gasteiger charge is -2.15. The number of methoxy groups -OCH3 is 1. The number of fused-ring (bicyclic) bond motifs is 1. The van der Waals surface area contributed by atoms with Gasteiger partial charge < -0.3 is 15.0 Å². The van der Waals surface area contributed by atoms with Crippen LogP contribution < -0.4 is 15.6 Å². The van der Waals surface area contributed by atoms with Gasteiger partial charge >= 0.3 is 0 Å². The molecule has 0 atom stereocenters. The highest BCUT2D eigenvalue weighted by molar-refractivity contribution is 6.30. The second-order valence-electron chi connectivity index (χ2n) is 8.82. The molecule has 7 heteroatoms. The zero-order chi connectivity index (χ0) is 22.9. The third-order valence-corrected chi connectivity index (χ3v) is 5.60. The molecule has 4 aromatic rings. The number of aromatic amines is 1. The quantitative estimate of drug-likeness (QED) is 0.435. The van der Waals surface area contributed by atoms with Crippen molar-refractivity contribution in [3.8, 4) is 11.4 Å². The number of H-pyrrole nitrogens is 1. The molecule has 0 saturated heterocycles. The molecule has 0 aliphatic rings. The molecule has 166 valence electrons. The first-order chi connectivity index (χ1) is 15.3. The number of aromatic nitrogens is 3. The van der Waals surface area contributed by atoms with Crippen molar-refractivity contribution < 1.29 is 4.74 Å². The summed E-state index contributed by atoms with van der Waals surface area (Å²) >= 11 is 6.05. The number of ether oxygens (including phenoxy) is 1. The first-order valence-corrected chi connectivity index (χ1v) is 10.9. The van der Waals surface area contributed by atoms with Gasteiger partial charge in [0.25, 0.3) is 5.56 Å². The van der Waals surface area contributed by atoms with Crippen molar-refractivity contribution >= 4 is 22.6 Å². The lowest BCUT2D eigenvalue weighted by atomic mass is 9.90. The largest absolute Gasteiger partial charge is 0.497 e. The Kier molecular flexibility index (Phi) is 6.09. The number of rotatable bonds is 6. The van der Waals surface area contributed by atoms with Gasteiger partial charge in [-0.05, 0) is 48.0 Å². The van der Waals surface area contributed by atoms with Crippen molar-refractivity contribution in [2.45, 2.75) is 39.3 Å². The average molecular weight is 451 g/mol. The van der Waals surface area contributed by atoms with Gasteiger partial charge in [-0.2, -0.15) is 5.10 Å². The summed E-state index contributed by atoms with van der Waals surface area (Å²) in [5.74, 6) is 0.822. The van der Waals surface area contributed by atoms with E-state index in [0.717, 1.165) is 28.1 Å². The molecule has 2 heterocycles. The number of benzene rings is 2. The second kappa shape index (κ2) is 8.81. The number of hydrogen-bond donors (Lipinski definition) is 2. The summed E-state index contributed by atoms with van der Waals surface area (Å²) in [7, 11) is 1.65. The Morgan fingerprint density at radius 3 is 2.38 bits per heavy atom. The Balaban J connectivity index is 1.66. The Morgan fingerprint density at radius 2 is 1.75 bits per heavy atom. The minimum Gasteiger partial charge on any atom is -0.497 e. The van der Waals surface area contributed by atoms with E-state index in [-0.39, 0.29) is 11.0 Å². The minimum absolute atomic E-state index is 0.129. The Labute approximate surface area is 192 Å². The molecule has 2 N–H and O–H groups in total. The van der Waals surface area contributed by atoms with Crippen LogP contribution in [0.4, 0.5) is 0 Å². The maximum Gasteiger partial charge on any atom is 0.254 e. The molecule has 0 unspecified atom stereocenters. The highest BCUT2D eigenvalue weighted by Gasteiger charge is 2.24. The maximum atomic E-state index is 12.9. The van der Waals surface area contributed by atoms with E-state index in [0.29, 0.717) is 29.3 Å². The molecule has 2 aromatic heterocycles. The van der Waals surface area contributed by atoms with E-state index in [9.17, 15) is 4.79 Å². The third kappa shape index (κ3) is 4.56. The molecule has 0 aliphatic heterocycles. The van der Waals surface area contributed by atoms with Crippen molar-refractivity contribution in [1.29, 1.82) is 0 Å². The zero-order valence-electron chi connectivity index (χ0n) is 18.7. The molecule has 0 saturated carbocycles. The minimum atomic E-state index is -0.193. The predicted molar refractivity (Wildman–Crippen MR) is 129 cm³/mol. The van der Waals surface area contributed by atoms with Crippen molar-refractivity contribution in [3.05, 3.63) is 86.8 Å². The molecular formula is C25H27ClN4O2. The molecule has 0 amide bonds. The van der Waals surface area contributed by atoms with Gasteiger partial charge in [-0.1, -0.05) is 44.5 Å². The summed E-state index contributed by atoms with van der Waals surface area (Å²) in [5, 5.41) is 9.81. The fourth-order valence-electron chi connectivity index (χ4n) is 3.65. The number of halogens is 1. The molecule has 0 bridgehead atoms. The van der Waals surface area contributed by atoms with E-state index in [4.69, 9.17) is 21.4 Å². The van der Waals surface area contributed by atoms with E-state index in [1.54, 1.807) is 11.8 Å². The van der Waals surface area contributed by atoms with Crippen LogP contribution in [0, 0.1) is 0 Å². The molecule has 0 aliphatic carbocycles. The van der Waals surface area contributed by atoms with E-state index in [1.807, 2.05) is 54.6 Å². The fourth-order valence-corrected chi connectivity index (χ4v) is 3.78. The van der Waals surface area contributed by atoms with Crippen LogP contribution in [0.3, 0.4) is 0 Å². The van der Waals surface area contributed by atoms with Gasteiger partial charge in [-0.25, -0.2) is 4.68 Å². The lowest BCUT2D eigenvalue weighted by molar-refractivity contribution is 0.414. The normalized spacial score (nSPS) is 11.8. The zero-order valence-corrected chi connectivity index (χ0v) is 19.5. The molecule has 4 rings (SSSR count). The van der Waals surface area contributed by atoms with E-state index in [2.05, 4.69) is 31.1 Å². The van der Waals surface area contributed by atoms with Crippen molar-refractivity contribution in [2.75, 3.05) is 7.11 Å². The number of hydrogen-bond acceptors (Lipinski definition) is 4. The van der Waals surface area contributed by atoms with Gasteiger partial charge in [0, 0.05) is 34.5 Å². The summed E-state index contributed by atoms with van der Waals surface area (Å²) < 4.78 is 6.98. The van der Waals surface area contributed by atoms with Gasteiger partial charge in [0.05, 0.1) is 18.5 Å². The summed E-state index contributed by atoms with van der Waals surface area (Å²) in [6.45, 7) is 7.46. The second-order valence-corrected chi connectivity index (χ2v) is 9.26. The number of nitrogens with one attached hydrogen (secondary N) is 2. The Hall–Kier alpha value is -3.09. The molecular weight excluding hydrogens is 424 g/mol. The first-order valence-electron chi connectivity index (χ1n) is 10.5. The van der Waals surface area contributed by atoms with Gasteiger partial charge in [-0.3, -0.25) is 4.79 Å². The maximum absolute atomic E-state index is 12.9. The molecule has 0 radical (unpaired) electrons. The monoisotopic (exact) mass is 450 g/mol. The van der Waals surface area contributed by atoms with Gasteiger partial charge in [0.1, 0.15) is 11.4 Å². The standard InChI is InChI=1S/C25H27ClN4O2/c1-25(2,3)22-21-13-17(15-27-14-16-5-11-20(32-4)12-6-16)24(31)28-23(21)30(29-22)19-9-7-18(26)8-10-19/h5-13,27H,14-15H2,1-4H3,(H,28,31). The molecule has 6 nitrogen and oxygen atoms in total. The summed E-state index contributed by atoms with van der Waals surface area (Å²) in [4.78, 5) is 15.9. The summed E-state index contributed by atoms with van der Waals surface area (Å²) in [6, 6.07) is 17.2. The van der Waals surface area contributed by atoms with E-state index < -0.39 is 0 Å². The Bertz CT molecular complexity index is 1280. The van der Waals surface area contributed by atoms with E-state index >= 15 is 0 Å². The van der Waals surface area contributed by atoms with Crippen molar-refractivity contribution in [3.63, 3.8) is 0 Å². The van der Waals surface area contributed by atoms with Gasteiger partial charge in [0.2, 0.25) is 0 Å². The molecule has 0 spiro atoms. The average Bonchev–Trinajstić information content (AvgIpc) is 3.13. The summed E-state index contributed by atoms with van der Waals surface area (Å²) in [6.07, 6.45) is 0. The first kappa shape index (κ1) is 22.1. The highest BCUT2D eigenvalue weighted by Crippen LogP contribution is 2.30.